The average molecular weight is 398 g/mol. The summed E-state index contributed by atoms with van der Waals surface area (Å²) in [5.41, 5.74) is 0.917. The molecular weight excluding hydrogens is 383 g/mol. The van der Waals surface area contributed by atoms with Crippen LogP contribution in [0.3, 0.4) is 0 Å². The van der Waals surface area contributed by atoms with Gasteiger partial charge >= 0.3 is 6.18 Å². The third-order valence-electron chi connectivity index (χ3n) is 4.13. The highest BCUT2D eigenvalue weighted by atomic mass is 35.5. The minimum atomic E-state index is -4.59. The van der Waals surface area contributed by atoms with Crippen LogP contribution in [-0.2, 0) is 6.18 Å². The molecule has 142 valence electrons. The fourth-order valence-electron chi connectivity index (χ4n) is 2.76. The van der Waals surface area contributed by atoms with E-state index in [9.17, 15) is 13.2 Å². The Kier molecular flexibility index (Phi) is 4.86. The van der Waals surface area contributed by atoms with Crippen molar-refractivity contribution in [3.8, 4) is 28.4 Å². The smallest absolute Gasteiger partial charge is 0.417 e. The van der Waals surface area contributed by atoms with Gasteiger partial charge in [-0.05, 0) is 39.0 Å². The highest BCUT2D eigenvalue weighted by Crippen LogP contribution is 2.40. The maximum atomic E-state index is 13.5. The maximum Gasteiger partial charge on any atom is 0.417 e. The third-order valence-corrected chi connectivity index (χ3v) is 4.50. The van der Waals surface area contributed by atoms with E-state index in [2.05, 4.69) is 15.1 Å². The first kappa shape index (κ1) is 19.2. The largest absolute Gasteiger partial charge is 0.497 e. The summed E-state index contributed by atoms with van der Waals surface area (Å²) >= 11 is 6.22. The Morgan fingerprint density at radius 2 is 1.81 bits per heavy atom. The molecule has 2 aromatic heterocycles. The van der Waals surface area contributed by atoms with Crippen molar-refractivity contribution in [1.82, 2.24) is 15.1 Å². The Morgan fingerprint density at radius 3 is 2.37 bits per heavy atom. The number of halogens is 4. The lowest BCUT2D eigenvalue weighted by Gasteiger charge is -2.15. The van der Waals surface area contributed by atoms with E-state index < -0.39 is 11.7 Å². The van der Waals surface area contributed by atoms with Crippen LogP contribution in [0, 0.1) is 20.8 Å². The van der Waals surface area contributed by atoms with Crippen LogP contribution in [0.15, 0.2) is 22.7 Å². The second-order valence-corrected chi connectivity index (χ2v) is 6.28. The number of aryl methyl sites for hydroxylation is 2. The van der Waals surface area contributed by atoms with Crippen LogP contribution in [0.5, 0.6) is 5.75 Å². The molecule has 3 aromatic rings. The van der Waals surface area contributed by atoms with Gasteiger partial charge in [0.05, 0.1) is 29.6 Å². The zero-order valence-electron chi connectivity index (χ0n) is 14.9. The second-order valence-electron chi connectivity index (χ2n) is 5.92. The normalized spacial score (nSPS) is 11.7. The van der Waals surface area contributed by atoms with Crippen molar-refractivity contribution in [3.63, 3.8) is 0 Å². The van der Waals surface area contributed by atoms with Gasteiger partial charge in [-0.3, -0.25) is 0 Å². The number of alkyl halides is 3. The minimum absolute atomic E-state index is 0.0472. The van der Waals surface area contributed by atoms with Gasteiger partial charge in [-0.2, -0.15) is 13.2 Å². The van der Waals surface area contributed by atoms with Crippen LogP contribution in [0.2, 0.25) is 5.15 Å². The van der Waals surface area contributed by atoms with Crippen molar-refractivity contribution in [2.45, 2.75) is 26.9 Å². The Labute approximate surface area is 158 Å². The quantitative estimate of drug-likeness (QED) is 0.553. The first-order valence-corrected chi connectivity index (χ1v) is 8.24. The van der Waals surface area contributed by atoms with Crippen LogP contribution in [-0.4, -0.2) is 22.2 Å². The Hall–Kier alpha value is -2.61. The predicted molar refractivity (Wildman–Crippen MR) is 93.7 cm³/mol. The summed E-state index contributed by atoms with van der Waals surface area (Å²) in [6.07, 6.45) is -4.59. The molecule has 0 atom stereocenters. The molecule has 1 aromatic carbocycles. The lowest BCUT2D eigenvalue weighted by molar-refractivity contribution is -0.137. The fourth-order valence-corrected chi connectivity index (χ4v) is 2.93. The fraction of sp³-hybridized carbons (Fsp3) is 0.278. The summed E-state index contributed by atoms with van der Waals surface area (Å²) in [4.78, 5) is 8.44. The summed E-state index contributed by atoms with van der Waals surface area (Å²) in [5.74, 6) is 0.571. The monoisotopic (exact) mass is 397 g/mol. The van der Waals surface area contributed by atoms with Gasteiger partial charge in [-0.1, -0.05) is 16.8 Å². The van der Waals surface area contributed by atoms with Crippen molar-refractivity contribution in [1.29, 1.82) is 0 Å². The standard InChI is InChI=1S/C18H15ClF3N3O2/c1-8-15(14-9(2)25-27-10(14)3)23-17(24-16(8)19)12-7-11(26-4)5-6-13(12)18(20,21)22/h5-7H,1-4H3. The molecule has 0 radical (unpaired) electrons. The summed E-state index contributed by atoms with van der Waals surface area (Å²) < 4.78 is 50.7. The number of nitrogens with zero attached hydrogens (tertiary/aromatic N) is 3. The lowest BCUT2D eigenvalue weighted by atomic mass is 10.0. The molecule has 0 aliphatic rings. The predicted octanol–water partition coefficient (Wildman–Crippen LogP) is 5.40. The summed E-state index contributed by atoms with van der Waals surface area (Å²) in [6.45, 7) is 5.09. The van der Waals surface area contributed by atoms with E-state index in [-0.39, 0.29) is 22.3 Å². The number of ether oxygens (including phenoxy) is 1. The van der Waals surface area contributed by atoms with Gasteiger partial charge in [0.2, 0.25) is 0 Å². The van der Waals surface area contributed by atoms with E-state index in [0.29, 0.717) is 28.3 Å². The number of rotatable bonds is 3. The first-order valence-electron chi connectivity index (χ1n) is 7.86. The molecule has 5 nitrogen and oxygen atoms in total. The molecule has 0 fully saturated rings. The van der Waals surface area contributed by atoms with Crippen molar-refractivity contribution in [2.75, 3.05) is 7.11 Å². The molecule has 0 amide bonds. The van der Waals surface area contributed by atoms with E-state index in [0.717, 1.165) is 6.07 Å². The molecule has 0 saturated heterocycles. The van der Waals surface area contributed by atoms with E-state index >= 15 is 0 Å². The Bertz CT molecular complexity index is 996. The zero-order valence-corrected chi connectivity index (χ0v) is 15.7. The molecule has 0 unspecified atom stereocenters. The maximum absolute atomic E-state index is 13.5. The Balaban J connectivity index is 2.31. The van der Waals surface area contributed by atoms with Gasteiger partial charge < -0.3 is 9.26 Å². The summed E-state index contributed by atoms with van der Waals surface area (Å²) in [5, 5.41) is 3.92. The van der Waals surface area contributed by atoms with E-state index in [4.69, 9.17) is 20.9 Å². The molecule has 0 aliphatic carbocycles. The number of hydrogen-bond acceptors (Lipinski definition) is 5. The van der Waals surface area contributed by atoms with E-state index in [1.54, 1.807) is 20.8 Å². The third kappa shape index (κ3) is 3.49. The molecule has 2 heterocycles. The van der Waals surface area contributed by atoms with Gasteiger partial charge in [0.1, 0.15) is 16.7 Å². The highest BCUT2D eigenvalue weighted by Gasteiger charge is 2.35. The molecule has 0 N–H and O–H groups in total. The summed E-state index contributed by atoms with van der Waals surface area (Å²) in [6, 6.07) is 3.40. The van der Waals surface area contributed by atoms with Crippen LogP contribution < -0.4 is 4.74 Å². The number of benzene rings is 1. The van der Waals surface area contributed by atoms with Gasteiger partial charge in [0, 0.05) is 11.1 Å². The lowest BCUT2D eigenvalue weighted by Crippen LogP contribution is -2.09. The summed E-state index contributed by atoms with van der Waals surface area (Å²) in [7, 11) is 1.37. The Morgan fingerprint density at radius 1 is 1.11 bits per heavy atom. The SMILES string of the molecule is COc1ccc(C(F)(F)F)c(-c2nc(Cl)c(C)c(-c3c(C)noc3C)n2)c1. The minimum Gasteiger partial charge on any atom is -0.497 e. The second kappa shape index (κ2) is 6.84. The van der Waals surface area contributed by atoms with Crippen molar-refractivity contribution >= 4 is 11.6 Å². The number of hydrogen-bond donors (Lipinski definition) is 0. The highest BCUT2D eigenvalue weighted by molar-refractivity contribution is 6.30. The molecule has 0 bridgehead atoms. The van der Waals surface area contributed by atoms with Gasteiger partial charge in [0.25, 0.3) is 0 Å². The van der Waals surface area contributed by atoms with Gasteiger partial charge in [0.15, 0.2) is 5.82 Å². The van der Waals surface area contributed by atoms with Crippen LogP contribution >= 0.6 is 11.6 Å². The topological polar surface area (TPSA) is 61.0 Å². The average Bonchev–Trinajstić information content (AvgIpc) is 2.94. The van der Waals surface area contributed by atoms with Crippen molar-refractivity contribution in [3.05, 3.63) is 45.9 Å². The van der Waals surface area contributed by atoms with E-state index in [1.807, 2.05) is 0 Å². The van der Waals surface area contributed by atoms with Gasteiger partial charge in [-0.25, -0.2) is 9.97 Å². The number of methoxy groups -OCH3 is 1. The van der Waals surface area contributed by atoms with Crippen LogP contribution in [0.25, 0.3) is 22.6 Å². The first-order chi connectivity index (χ1) is 12.6. The zero-order chi connectivity index (χ0) is 19.9. The van der Waals surface area contributed by atoms with Gasteiger partial charge in [-0.15, -0.1) is 0 Å². The molecule has 0 spiro atoms. The molecule has 27 heavy (non-hydrogen) atoms. The van der Waals surface area contributed by atoms with E-state index in [1.165, 1.54) is 19.2 Å². The molecular formula is C18H15ClF3N3O2. The number of aromatic nitrogens is 3. The van der Waals surface area contributed by atoms with Crippen molar-refractivity contribution in [2.24, 2.45) is 0 Å². The molecule has 0 aliphatic heterocycles. The van der Waals surface area contributed by atoms with Crippen LogP contribution in [0.1, 0.15) is 22.6 Å². The van der Waals surface area contributed by atoms with Crippen LogP contribution in [0.4, 0.5) is 13.2 Å². The molecule has 0 saturated carbocycles. The molecule has 9 heteroatoms. The molecule has 3 rings (SSSR count). The van der Waals surface area contributed by atoms with Crippen molar-refractivity contribution < 1.29 is 22.4 Å².